The first-order valence-electron chi connectivity index (χ1n) is 7.16. The van der Waals surface area contributed by atoms with Crippen LogP contribution in [0.2, 0.25) is 4.34 Å². The fourth-order valence-corrected chi connectivity index (χ4v) is 3.29. The highest BCUT2D eigenvalue weighted by atomic mass is 35.5. The van der Waals surface area contributed by atoms with Gasteiger partial charge in [0, 0.05) is 45.3 Å². The third kappa shape index (κ3) is 3.86. The van der Waals surface area contributed by atoms with Gasteiger partial charge in [0.2, 0.25) is 0 Å². The number of carbonyl (C=O) groups excluding carboxylic acids is 1. The van der Waals surface area contributed by atoms with Crippen LogP contribution in [0, 0.1) is 0 Å². The number of amides is 1. The van der Waals surface area contributed by atoms with Crippen LogP contribution in [-0.2, 0) is 0 Å². The number of halogens is 1. The van der Waals surface area contributed by atoms with E-state index >= 15 is 0 Å². The molecule has 0 unspecified atom stereocenters. The number of nitrogens with one attached hydrogen (secondary N) is 2. The summed E-state index contributed by atoms with van der Waals surface area (Å²) in [5.74, 6) is 0.344. The summed E-state index contributed by atoms with van der Waals surface area (Å²) in [4.78, 5) is 15.2. The Labute approximate surface area is 137 Å². The maximum absolute atomic E-state index is 12.0. The van der Waals surface area contributed by atoms with Gasteiger partial charge in [-0.1, -0.05) is 16.8 Å². The summed E-state index contributed by atoms with van der Waals surface area (Å²) in [6.07, 6.45) is 0. The van der Waals surface area contributed by atoms with Crippen molar-refractivity contribution < 1.29 is 9.32 Å². The molecule has 2 N–H and O–H groups in total. The van der Waals surface area contributed by atoms with Gasteiger partial charge >= 0.3 is 0 Å². The number of hydrogen-bond acceptors (Lipinski definition) is 6. The summed E-state index contributed by atoms with van der Waals surface area (Å²) in [6, 6.07) is 5.28. The minimum absolute atomic E-state index is 0.215. The van der Waals surface area contributed by atoms with E-state index < -0.39 is 0 Å². The molecule has 22 heavy (non-hydrogen) atoms. The number of hydrogen-bond donors (Lipinski definition) is 2. The molecule has 0 aliphatic carbocycles. The molecule has 3 heterocycles. The van der Waals surface area contributed by atoms with Crippen molar-refractivity contribution in [3.8, 4) is 10.6 Å². The number of piperazine rings is 1. The van der Waals surface area contributed by atoms with E-state index in [1.165, 1.54) is 11.3 Å². The number of rotatable bonds is 5. The summed E-state index contributed by atoms with van der Waals surface area (Å²) in [7, 11) is 0. The van der Waals surface area contributed by atoms with Crippen LogP contribution in [0.25, 0.3) is 10.6 Å². The van der Waals surface area contributed by atoms with Crippen molar-refractivity contribution in [1.82, 2.24) is 20.7 Å². The van der Waals surface area contributed by atoms with E-state index in [1.807, 2.05) is 6.07 Å². The number of aromatic nitrogens is 1. The molecule has 0 spiro atoms. The van der Waals surface area contributed by atoms with Crippen LogP contribution in [0.15, 0.2) is 22.7 Å². The molecule has 2 aromatic heterocycles. The Morgan fingerprint density at radius 2 is 2.27 bits per heavy atom. The molecular formula is C14H17ClN4O2S. The molecule has 3 rings (SSSR count). The quantitative estimate of drug-likeness (QED) is 0.866. The Kier molecular flexibility index (Phi) is 5.09. The first-order chi connectivity index (χ1) is 10.7. The van der Waals surface area contributed by atoms with Crippen molar-refractivity contribution in [3.05, 3.63) is 28.2 Å². The number of thiophene rings is 1. The average molecular weight is 341 g/mol. The van der Waals surface area contributed by atoms with E-state index in [0.717, 1.165) is 37.6 Å². The Hall–Kier alpha value is -1.41. The maximum atomic E-state index is 12.0. The standard InChI is InChI=1S/C14H17ClN4O2S/c15-13-2-1-12(22-13)11-9-10(18-21-11)14(20)17-5-8-19-6-3-16-4-7-19/h1-2,9,16H,3-8H2,(H,17,20). The third-order valence-electron chi connectivity index (χ3n) is 3.48. The summed E-state index contributed by atoms with van der Waals surface area (Å²) < 4.78 is 5.88. The normalized spacial score (nSPS) is 15.9. The summed E-state index contributed by atoms with van der Waals surface area (Å²) >= 11 is 7.28. The van der Waals surface area contributed by atoms with E-state index in [0.29, 0.717) is 22.3 Å². The molecule has 8 heteroatoms. The lowest BCUT2D eigenvalue weighted by Gasteiger charge is -2.26. The smallest absolute Gasteiger partial charge is 0.273 e. The summed E-state index contributed by atoms with van der Waals surface area (Å²) in [5, 5.41) is 9.99. The minimum atomic E-state index is -0.215. The molecule has 0 aromatic carbocycles. The molecule has 2 aromatic rings. The first kappa shape index (κ1) is 15.5. The zero-order valence-electron chi connectivity index (χ0n) is 12.0. The predicted octanol–water partition coefficient (Wildman–Crippen LogP) is 1.69. The molecule has 0 radical (unpaired) electrons. The van der Waals surface area contributed by atoms with E-state index in [2.05, 4.69) is 20.7 Å². The largest absolute Gasteiger partial charge is 0.355 e. The molecular weight excluding hydrogens is 324 g/mol. The van der Waals surface area contributed by atoms with Gasteiger partial charge in [0.05, 0.1) is 9.21 Å². The zero-order chi connectivity index (χ0) is 15.4. The molecule has 1 aliphatic heterocycles. The van der Waals surface area contributed by atoms with Crippen LogP contribution in [0.5, 0.6) is 0 Å². The highest BCUT2D eigenvalue weighted by Crippen LogP contribution is 2.31. The third-order valence-corrected chi connectivity index (χ3v) is 4.73. The Morgan fingerprint density at radius 3 is 3.00 bits per heavy atom. The van der Waals surface area contributed by atoms with Crippen molar-refractivity contribution in [2.45, 2.75) is 0 Å². The van der Waals surface area contributed by atoms with Crippen LogP contribution in [0.3, 0.4) is 0 Å². The molecule has 1 saturated heterocycles. The second kappa shape index (κ2) is 7.23. The van der Waals surface area contributed by atoms with E-state index in [-0.39, 0.29) is 5.91 Å². The van der Waals surface area contributed by atoms with Crippen LogP contribution < -0.4 is 10.6 Å². The van der Waals surface area contributed by atoms with Crippen LogP contribution in [0.4, 0.5) is 0 Å². The average Bonchev–Trinajstić information content (AvgIpc) is 3.17. The fourth-order valence-electron chi connectivity index (χ4n) is 2.30. The lowest BCUT2D eigenvalue weighted by molar-refractivity contribution is 0.0938. The van der Waals surface area contributed by atoms with Gasteiger partial charge in [-0.3, -0.25) is 9.69 Å². The Balaban J connectivity index is 1.51. The monoisotopic (exact) mass is 340 g/mol. The number of nitrogens with zero attached hydrogens (tertiary/aromatic N) is 2. The van der Waals surface area contributed by atoms with Crippen molar-refractivity contribution in [3.63, 3.8) is 0 Å². The van der Waals surface area contributed by atoms with Gasteiger partial charge < -0.3 is 15.2 Å². The summed E-state index contributed by atoms with van der Waals surface area (Å²) in [5.41, 5.74) is 0.292. The van der Waals surface area contributed by atoms with Gasteiger partial charge in [0.15, 0.2) is 11.5 Å². The highest BCUT2D eigenvalue weighted by Gasteiger charge is 2.15. The Morgan fingerprint density at radius 1 is 1.45 bits per heavy atom. The molecule has 1 aliphatic rings. The van der Waals surface area contributed by atoms with Crippen LogP contribution >= 0.6 is 22.9 Å². The summed E-state index contributed by atoms with van der Waals surface area (Å²) in [6.45, 7) is 5.49. The lowest BCUT2D eigenvalue weighted by atomic mass is 10.3. The number of carbonyl (C=O) groups is 1. The van der Waals surface area contributed by atoms with Crippen molar-refractivity contribution >= 4 is 28.8 Å². The van der Waals surface area contributed by atoms with E-state index in [4.69, 9.17) is 16.1 Å². The van der Waals surface area contributed by atoms with Crippen molar-refractivity contribution in [2.75, 3.05) is 39.3 Å². The first-order valence-corrected chi connectivity index (χ1v) is 8.35. The zero-order valence-corrected chi connectivity index (χ0v) is 13.5. The van der Waals surface area contributed by atoms with Gasteiger partial charge in [-0.2, -0.15) is 0 Å². The molecule has 1 fully saturated rings. The lowest BCUT2D eigenvalue weighted by Crippen LogP contribution is -2.46. The van der Waals surface area contributed by atoms with Crippen molar-refractivity contribution in [2.24, 2.45) is 0 Å². The maximum Gasteiger partial charge on any atom is 0.273 e. The van der Waals surface area contributed by atoms with Gasteiger partial charge in [0.1, 0.15) is 0 Å². The second-order valence-electron chi connectivity index (χ2n) is 5.03. The molecule has 6 nitrogen and oxygen atoms in total. The van der Waals surface area contributed by atoms with Crippen LogP contribution in [-0.4, -0.2) is 55.2 Å². The highest BCUT2D eigenvalue weighted by molar-refractivity contribution is 7.19. The molecule has 0 atom stereocenters. The van der Waals surface area contributed by atoms with Gasteiger partial charge in [-0.05, 0) is 12.1 Å². The van der Waals surface area contributed by atoms with Gasteiger partial charge in [-0.25, -0.2) is 0 Å². The van der Waals surface area contributed by atoms with Gasteiger partial charge in [0.25, 0.3) is 5.91 Å². The molecule has 118 valence electrons. The minimum Gasteiger partial charge on any atom is -0.355 e. The van der Waals surface area contributed by atoms with Gasteiger partial charge in [-0.15, -0.1) is 11.3 Å². The Bertz CT molecular complexity index is 636. The predicted molar refractivity (Wildman–Crippen MR) is 86.5 cm³/mol. The second-order valence-corrected chi connectivity index (χ2v) is 6.74. The van der Waals surface area contributed by atoms with E-state index in [1.54, 1.807) is 12.1 Å². The molecule has 0 bridgehead atoms. The molecule has 1 amide bonds. The SMILES string of the molecule is O=C(NCCN1CCNCC1)c1cc(-c2ccc(Cl)s2)on1. The van der Waals surface area contributed by atoms with Crippen molar-refractivity contribution in [1.29, 1.82) is 0 Å². The van der Waals surface area contributed by atoms with Crippen LogP contribution in [0.1, 0.15) is 10.5 Å². The molecule has 0 saturated carbocycles. The topological polar surface area (TPSA) is 70.4 Å². The van der Waals surface area contributed by atoms with E-state index in [9.17, 15) is 4.79 Å². The fraction of sp³-hybridized carbons (Fsp3) is 0.429.